The fourth-order valence-electron chi connectivity index (χ4n) is 2.54. The minimum atomic E-state index is -0.861. The third-order valence-electron chi connectivity index (χ3n) is 3.86. The van der Waals surface area contributed by atoms with Gasteiger partial charge in [0, 0.05) is 25.4 Å². The van der Waals surface area contributed by atoms with Crippen LogP contribution in [0.1, 0.15) is 16.8 Å². The lowest BCUT2D eigenvalue weighted by Gasteiger charge is -2.15. The van der Waals surface area contributed by atoms with Crippen LogP contribution in [0.5, 0.6) is 11.6 Å². The van der Waals surface area contributed by atoms with Gasteiger partial charge in [-0.05, 0) is 40.5 Å². The monoisotopic (exact) mass is 390 g/mol. The van der Waals surface area contributed by atoms with E-state index in [1.54, 1.807) is 23.1 Å². The Morgan fingerprint density at radius 1 is 1.25 bits per heavy atom. The summed E-state index contributed by atoms with van der Waals surface area (Å²) < 4.78 is 6.47. The number of rotatable bonds is 4. The summed E-state index contributed by atoms with van der Waals surface area (Å²) in [5.41, 5.74) is 0.417. The summed E-state index contributed by atoms with van der Waals surface area (Å²) >= 11 is 3.39. The molecule has 1 aromatic heterocycles. The minimum Gasteiger partial charge on any atom is -0.481 e. The molecule has 1 aromatic carbocycles. The number of likely N-dealkylation sites (tertiary alicyclic amines) is 1. The molecule has 124 valence electrons. The van der Waals surface area contributed by atoms with E-state index in [2.05, 4.69) is 20.9 Å². The van der Waals surface area contributed by atoms with Gasteiger partial charge in [-0.25, -0.2) is 4.98 Å². The lowest BCUT2D eigenvalue weighted by Crippen LogP contribution is -2.30. The number of carbonyl (C=O) groups excluding carboxylic acids is 1. The van der Waals surface area contributed by atoms with Crippen molar-refractivity contribution in [1.29, 1.82) is 0 Å². The number of carboxylic acid groups (broad SMARTS) is 1. The van der Waals surface area contributed by atoms with Crippen molar-refractivity contribution in [1.82, 2.24) is 9.88 Å². The normalized spacial score (nSPS) is 16.9. The van der Waals surface area contributed by atoms with Gasteiger partial charge in [0.15, 0.2) is 0 Å². The van der Waals surface area contributed by atoms with Crippen LogP contribution >= 0.6 is 15.9 Å². The second-order valence-corrected chi connectivity index (χ2v) is 6.35. The molecular weight excluding hydrogens is 376 g/mol. The van der Waals surface area contributed by atoms with Crippen LogP contribution in [0.4, 0.5) is 0 Å². The number of hydrogen-bond acceptors (Lipinski definition) is 4. The zero-order valence-corrected chi connectivity index (χ0v) is 14.3. The van der Waals surface area contributed by atoms with Gasteiger partial charge in [-0.15, -0.1) is 0 Å². The van der Waals surface area contributed by atoms with Crippen LogP contribution in [-0.2, 0) is 4.79 Å². The van der Waals surface area contributed by atoms with Crippen LogP contribution in [0.2, 0.25) is 0 Å². The first kappa shape index (κ1) is 16.4. The molecule has 0 saturated carbocycles. The zero-order chi connectivity index (χ0) is 17.1. The summed E-state index contributed by atoms with van der Waals surface area (Å²) in [6.45, 7) is 0.689. The van der Waals surface area contributed by atoms with E-state index in [1.165, 1.54) is 6.20 Å². The number of hydrogen-bond donors (Lipinski definition) is 1. The molecule has 2 aromatic rings. The second-order valence-electron chi connectivity index (χ2n) is 5.49. The molecule has 1 aliphatic heterocycles. The first-order valence-electron chi connectivity index (χ1n) is 7.45. The summed E-state index contributed by atoms with van der Waals surface area (Å²) in [6.07, 6.45) is 1.93. The molecule has 3 rings (SSSR count). The molecule has 1 amide bonds. The number of amides is 1. The van der Waals surface area contributed by atoms with E-state index in [-0.39, 0.29) is 12.5 Å². The molecule has 2 heterocycles. The maximum absolute atomic E-state index is 12.4. The number of pyridine rings is 1. The number of carbonyl (C=O) groups is 2. The summed E-state index contributed by atoms with van der Waals surface area (Å²) in [4.78, 5) is 29.1. The van der Waals surface area contributed by atoms with Crippen LogP contribution in [0.15, 0.2) is 47.1 Å². The summed E-state index contributed by atoms with van der Waals surface area (Å²) in [5, 5.41) is 9.01. The minimum absolute atomic E-state index is 0.210. The van der Waals surface area contributed by atoms with Gasteiger partial charge in [0.25, 0.3) is 5.91 Å². The van der Waals surface area contributed by atoms with Crippen LogP contribution in [-0.4, -0.2) is 40.0 Å². The van der Waals surface area contributed by atoms with Crippen LogP contribution in [0, 0.1) is 5.92 Å². The first-order chi connectivity index (χ1) is 11.5. The summed E-state index contributed by atoms with van der Waals surface area (Å²) in [6, 6.07) is 10.7. The van der Waals surface area contributed by atoms with Crippen LogP contribution in [0.25, 0.3) is 0 Å². The highest BCUT2D eigenvalue weighted by Gasteiger charge is 2.31. The lowest BCUT2D eigenvalue weighted by atomic mass is 10.1. The van der Waals surface area contributed by atoms with Gasteiger partial charge in [0.05, 0.1) is 16.0 Å². The van der Waals surface area contributed by atoms with Gasteiger partial charge in [-0.1, -0.05) is 12.1 Å². The van der Waals surface area contributed by atoms with Crippen molar-refractivity contribution < 1.29 is 19.4 Å². The Balaban J connectivity index is 1.67. The van der Waals surface area contributed by atoms with Crippen molar-refractivity contribution in [3.05, 3.63) is 52.6 Å². The number of nitrogens with zero attached hydrogens (tertiary/aromatic N) is 2. The highest BCUT2D eigenvalue weighted by Crippen LogP contribution is 2.28. The van der Waals surface area contributed by atoms with Crippen LogP contribution in [0.3, 0.4) is 0 Å². The molecule has 6 nitrogen and oxygen atoms in total. The van der Waals surface area contributed by atoms with Crippen molar-refractivity contribution >= 4 is 27.8 Å². The number of carboxylic acids is 1. The summed E-state index contributed by atoms with van der Waals surface area (Å²) in [5.74, 6) is -0.546. The van der Waals surface area contributed by atoms with Gasteiger partial charge >= 0.3 is 5.97 Å². The molecule has 1 saturated heterocycles. The quantitative estimate of drug-likeness (QED) is 0.866. The van der Waals surface area contributed by atoms with E-state index in [9.17, 15) is 9.59 Å². The fourth-order valence-corrected chi connectivity index (χ4v) is 2.90. The summed E-state index contributed by atoms with van der Waals surface area (Å²) in [7, 11) is 0. The van der Waals surface area contributed by atoms with Crippen molar-refractivity contribution in [3.63, 3.8) is 0 Å². The highest BCUT2D eigenvalue weighted by atomic mass is 79.9. The van der Waals surface area contributed by atoms with E-state index < -0.39 is 11.9 Å². The number of aliphatic carboxylic acids is 1. The lowest BCUT2D eigenvalue weighted by molar-refractivity contribution is -0.141. The fraction of sp³-hybridized carbons (Fsp3) is 0.235. The Morgan fingerprint density at radius 2 is 2.04 bits per heavy atom. The number of para-hydroxylation sites is 1. The molecule has 7 heteroatoms. The van der Waals surface area contributed by atoms with Crippen molar-refractivity contribution in [2.75, 3.05) is 13.1 Å². The molecule has 0 spiro atoms. The average Bonchev–Trinajstić information content (AvgIpc) is 3.07. The number of aromatic nitrogens is 1. The highest BCUT2D eigenvalue weighted by molar-refractivity contribution is 9.10. The molecule has 24 heavy (non-hydrogen) atoms. The van der Waals surface area contributed by atoms with E-state index >= 15 is 0 Å². The second kappa shape index (κ2) is 7.00. The molecule has 0 unspecified atom stereocenters. The molecule has 1 atom stereocenters. The standard InChI is InChI=1S/C17H15BrN2O4/c18-13-3-1-2-4-14(13)24-15-6-5-11(9-19-15)16(21)20-8-7-12(10-20)17(22)23/h1-6,9,12H,7-8,10H2,(H,22,23)/t12-/m1/s1. The average molecular weight is 391 g/mol. The molecule has 1 fully saturated rings. The topological polar surface area (TPSA) is 79.7 Å². The van der Waals surface area contributed by atoms with Crippen molar-refractivity contribution in [3.8, 4) is 11.6 Å². The molecule has 0 aliphatic carbocycles. The molecular formula is C17H15BrN2O4. The molecule has 0 bridgehead atoms. The third kappa shape index (κ3) is 3.56. The molecule has 0 radical (unpaired) electrons. The van der Waals surface area contributed by atoms with Gasteiger partial charge in [-0.3, -0.25) is 9.59 Å². The predicted octanol–water partition coefficient (Wildman–Crippen LogP) is 3.18. The van der Waals surface area contributed by atoms with Crippen molar-refractivity contribution in [2.24, 2.45) is 5.92 Å². The first-order valence-corrected chi connectivity index (χ1v) is 8.24. The van der Waals surface area contributed by atoms with Crippen molar-refractivity contribution in [2.45, 2.75) is 6.42 Å². The maximum atomic E-state index is 12.4. The van der Waals surface area contributed by atoms with E-state index in [1.807, 2.05) is 18.2 Å². The Hall–Kier alpha value is -2.41. The smallest absolute Gasteiger partial charge is 0.308 e. The Bertz CT molecular complexity index is 763. The number of halogens is 1. The van der Waals surface area contributed by atoms with E-state index in [0.29, 0.717) is 30.2 Å². The largest absolute Gasteiger partial charge is 0.481 e. The molecule has 1 N–H and O–H groups in total. The van der Waals surface area contributed by atoms with Gasteiger partial charge in [0.1, 0.15) is 5.75 Å². The SMILES string of the molecule is O=C(O)[C@@H]1CCN(C(=O)c2ccc(Oc3ccccc3Br)nc2)C1. The third-order valence-corrected chi connectivity index (χ3v) is 4.51. The van der Waals surface area contributed by atoms with Gasteiger partial charge < -0.3 is 14.7 Å². The van der Waals surface area contributed by atoms with Gasteiger partial charge in [-0.2, -0.15) is 0 Å². The van der Waals surface area contributed by atoms with E-state index in [4.69, 9.17) is 9.84 Å². The predicted molar refractivity (Wildman–Crippen MR) is 90.1 cm³/mol. The van der Waals surface area contributed by atoms with Gasteiger partial charge in [0.2, 0.25) is 5.88 Å². The molecule has 1 aliphatic rings. The number of ether oxygens (including phenoxy) is 1. The Labute approximate surface area is 147 Å². The van der Waals surface area contributed by atoms with E-state index in [0.717, 1.165) is 4.47 Å². The Morgan fingerprint density at radius 3 is 2.67 bits per heavy atom. The Kier molecular flexibility index (Phi) is 4.80. The number of benzene rings is 1. The van der Waals surface area contributed by atoms with Crippen LogP contribution < -0.4 is 4.74 Å². The zero-order valence-electron chi connectivity index (χ0n) is 12.7. The maximum Gasteiger partial charge on any atom is 0.308 e.